The Morgan fingerprint density at radius 1 is 0.944 bits per heavy atom. The monoisotopic (exact) mass is 515 g/mol. The number of alkyl halides is 6. The van der Waals surface area contributed by atoms with Gasteiger partial charge in [-0.2, -0.15) is 26.3 Å². The minimum atomic E-state index is -4.98. The molecule has 1 amide bonds. The third-order valence-electron chi connectivity index (χ3n) is 5.68. The van der Waals surface area contributed by atoms with Gasteiger partial charge in [0.15, 0.2) is 5.78 Å². The summed E-state index contributed by atoms with van der Waals surface area (Å²) in [5.74, 6) is -0.723. The molecule has 1 aliphatic carbocycles. The van der Waals surface area contributed by atoms with Crippen LogP contribution in [-0.2, 0) is 28.5 Å². The molecule has 11 heteroatoms. The van der Waals surface area contributed by atoms with E-state index in [1.807, 2.05) is 0 Å². The normalized spacial score (nSPS) is 15.2. The predicted octanol–water partition coefficient (Wildman–Crippen LogP) is 6.93. The number of rotatable bonds is 8. The molecule has 0 radical (unpaired) electrons. The number of nitrogens with one attached hydrogen (secondary N) is 1. The molecule has 0 saturated carbocycles. The number of carbonyl (C=O) groups is 2. The Bertz CT molecular complexity index is 1120. The highest BCUT2D eigenvalue weighted by atomic mass is 19.4. The van der Waals surface area contributed by atoms with Gasteiger partial charge in [0.25, 0.3) is 0 Å². The number of carbonyl (C=O) groups excluding carboxylic acids is 2. The van der Waals surface area contributed by atoms with Gasteiger partial charge in [0.2, 0.25) is 5.91 Å². The maximum atomic E-state index is 13.1. The van der Waals surface area contributed by atoms with E-state index in [2.05, 4.69) is 10.2 Å². The lowest BCUT2D eigenvalue weighted by atomic mass is 9.85. The van der Waals surface area contributed by atoms with Crippen LogP contribution in [0.5, 0.6) is 0 Å². The van der Waals surface area contributed by atoms with E-state index in [0.29, 0.717) is 49.1 Å². The smallest absolute Gasteiger partial charge is 0.326 e. The Hall–Kier alpha value is -3.18. The number of halogens is 6. The molecule has 0 heterocycles. The number of benzene rings is 2. The van der Waals surface area contributed by atoms with Crippen molar-refractivity contribution in [3.63, 3.8) is 0 Å². The van der Waals surface area contributed by atoms with E-state index in [4.69, 9.17) is 5.26 Å². The zero-order valence-electron chi connectivity index (χ0n) is 18.9. The van der Waals surface area contributed by atoms with Crippen LogP contribution in [0.25, 0.3) is 6.08 Å². The SMILES string of the molecule is O=C(CCCCCOO)Nc1ccc2c(c1)CC/C(=C\c1cc(C(F)(F)F)cc(C(F)(F)F)c1)C2=O. The molecule has 3 rings (SSSR count). The largest absolute Gasteiger partial charge is 0.416 e. The molecule has 36 heavy (non-hydrogen) atoms. The quantitative estimate of drug-likeness (QED) is 0.132. The van der Waals surface area contributed by atoms with Crippen LogP contribution >= 0.6 is 0 Å². The highest BCUT2D eigenvalue weighted by Crippen LogP contribution is 2.37. The van der Waals surface area contributed by atoms with E-state index < -0.39 is 29.3 Å². The molecule has 0 unspecified atom stereocenters. The molecule has 0 atom stereocenters. The lowest BCUT2D eigenvalue weighted by Gasteiger charge is -2.19. The summed E-state index contributed by atoms with van der Waals surface area (Å²) in [6.45, 7) is 0.189. The fourth-order valence-corrected chi connectivity index (χ4v) is 3.91. The van der Waals surface area contributed by atoms with Crippen molar-refractivity contribution in [3.05, 3.63) is 69.8 Å². The first kappa shape index (κ1) is 27.4. The number of hydrogen-bond donors (Lipinski definition) is 2. The zero-order chi connectivity index (χ0) is 26.5. The Kier molecular flexibility index (Phi) is 8.57. The molecule has 5 nitrogen and oxygen atoms in total. The van der Waals surface area contributed by atoms with E-state index in [9.17, 15) is 35.9 Å². The minimum Gasteiger partial charge on any atom is -0.326 e. The molecule has 194 valence electrons. The summed E-state index contributed by atoms with van der Waals surface area (Å²) >= 11 is 0. The molecule has 1 aliphatic rings. The van der Waals surface area contributed by atoms with Crippen LogP contribution < -0.4 is 5.32 Å². The molecule has 0 aliphatic heterocycles. The first-order valence-corrected chi connectivity index (χ1v) is 11.1. The number of allylic oxidation sites excluding steroid dienone is 1. The molecule has 0 bridgehead atoms. The van der Waals surface area contributed by atoms with Gasteiger partial charge < -0.3 is 5.32 Å². The average Bonchev–Trinajstić information content (AvgIpc) is 2.79. The lowest BCUT2D eigenvalue weighted by Crippen LogP contribution is -2.16. The summed E-state index contributed by atoms with van der Waals surface area (Å²) in [5, 5.41) is 11.0. The standard InChI is InChI=1S/C25H23F6NO4/c26-24(27,28)18-11-15(12-19(14-18)25(29,30)31)10-17-6-5-16-13-20(7-8-21(16)23(17)34)32-22(33)4-2-1-3-9-36-35/h7-8,10-14,35H,1-6,9H2,(H,32,33)/b17-10+. The molecule has 0 spiro atoms. The summed E-state index contributed by atoms with van der Waals surface area (Å²) in [6, 6.07) is 5.84. The lowest BCUT2D eigenvalue weighted by molar-refractivity contribution is -0.242. The maximum Gasteiger partial charge on any atom is 0.416 e. The van der Waals surface area contributed by atoms with Gasteiger partial charge in [0.1, 0.15) is 0 Å². The summed E-state index contributed by atoms with van der Waals surface area (Å²) in [4.78, 5) is 29.0. The van der Waals surface area contributed by atoms with Crippen LogP contribution in [0.4, 0.5) is 32.0 Å². The molecular formula is C25H23F6NO4. The topological polar surface area (TPSA) is 75.6 Å². The van der Waals surface area contributed by atoms with Crippen molar-refractivity contribution in [2.45, 2.75) is 50.9 Å². The van der Waals surface area contributed by atoms with Crippen LogP contribution in [-0.4, -0.2) is 23.6 Å². The second kappa shape index (κ2) is 11.3. The summed E-state index contributed by atoms with van der Waals surface area (Å²) in [6.07, 6.45) is -6.30. The summed E-state index contributed by atoms with van der Waals surface area (Å²) in [5.41, 5.74) is -1.79. The Morgan fingerprint density at radius 3 is 2.22 bits per heavy atom. The highest BCUT2D eigenvalue weighted by Gasteiger charge is 2.37. The molecule has 2 N–H and O–H groups in total. The Morgan fingerprint density at radius 2 is 1.61 bits per heavy atom. The van der Waals surface area contributed by atoms with Crippen molar-refractivity contribution in [2.75, 3.05) is 11.9 Å². The van der Waals surface area contributed by atoms with Crippen LogP contribution in [0, 0.1) is 0 Å². The number of hydrogen-bond acceptors (Lipinski definition) is 4. The highest BCUT2D eigenvalue weighted by molar-refractivity contribution is 6.13. The van der Waals surface area contributed by atoms with E-state index in [-0.39, 0.29) is 48.1 Å². The number of anilines is 1. The van der Waals surface area contributed by atoms with Crippen LogP contribution in [0.1, 0.15) is 64.7 Å². The Labute approximate surface area is 202 Å². The first-order valence-electron chi connectivity index (χ1n) is 11.1. The van der Waals surface area contributed by atoms with Crippen LogP contribution in [0.15, 0.2) is 42.0 Å². The van der Waals surface area contributed by atoms with E-state index in [0.717, 1.165) is 6.08 Å². The summed E-state index contributed by atoms with van der Waals surface area (Å²) in [7, 11) is 0. The molecule has 0 saturated heterocycles. The first-order chi connectivity index (χ1) is 16.9. The molecule has 2 aromatic rings. The summed E-state index contributed by atoms with van der Waals surface area (Å²) < 4.78 is 78.8. The van der Waals surface area contributed by atoms with E-state index in [1.54, 1.807) is 6.07 Å². The van der Waals surface area contributed by atoms with Gasteiger partial charge in [0, 0.05) is 23.2 Å². The predicted molar refractivity (Wildman–Crippen MR) is 119 cm³/mol. The zero-order valence-corrected chi connectivity index (χ0v) is 18.9. The molecule has 0 fully saturated rings. The second-order valence-electron chi connectivity index (χ2n) is 8.40. The molecule has 0 aromatic heterocycles. The molecule has 2 aromatic carbocycles. The second-order valence-corrected chi connectivity index (χ2v) is 8.40. The number of Topliss-reactive ketones (excluding diaryl/α,β-unsaturated/α-hetero) is 1. The van der Waals surface area contributed by atoms with Crippen molar-refractivity contribution in [3.8, 4) is 0 Å². The molecular weight excluding hydrogens is 492 g/mol. The Balaban J connectivity index is 1.77. The number of amides is 1. The fourth-order valence-electron chi connectivity index (χ4n) is 3.91. The third kappa shape index (κ3) is 7.17. The maximum absolute atomic E-state index is 13.1. The number of fused-ring (bicyclic) bond motifs is 1. The van der Waals surface area contributed by atoms with Crippen molar-refractivity contribution in [1.82, 2.24) is 0 Å². The van der Waals surface area contributed by atoms with E-state index in [1.165, 1.54) is 12.1 Å². The fraction of sp³-hybridized carbons (Fsp3) is 0.360. The van der Waals surface area contributed by atoms with Gasteiger partial charge in [-0.25, -0.2) is 4.89 Å². The van der Waals surface area contributed by atoms with Crippen molar-refractivity contribution < 1.29 is 46.1 Å². The number of ketones is 1. The minimum absolute atomic E-state index is 0.0410. The van der Waals surface area contributed by atoms with Crippen LogP contribution in [0.2, 0.25) is 0 Å². The van der Waals surface area contributed by atoms with Gasteiger partial charge in [-0.1, -0.05) is 6.42 Å². The van der Waals surface area contributed by atoms with Crippen molar-refractivity contribution in [1.29, 1.82) is 0 Å². The van der Waals surface area contributed by atoms with Gasteiger partial charge >= 0.3 is 12.4 Å². The van der Waals surface area contributed by atoms with Gasteiger partial charge in [-0.3, -0.25) is 14.8 Å². The van der Waals surface area contributed by atoms with Gasteiger partial charge in [0.05, 0.1) is 17.7 Å². The van der Waals surface area contributed by atoms with Crippen molar-refractivity contribution >= 4 is 23.5 Å². The third-order valence-corrected chi connectivity index (χ3v) is 5.68. The van der Waals surface area contributed by atoms with Crippen LogP contribution in [0.3, 0.4) is 0 Å². The number of aryl methyl sites for hydroxylation is 1. The van der Waals surface area contributed by atoms with E-state index >= 15 is 0 Å². The van der Waals surface area contributed by atoms with Crippen molar-refractivity contribution in [2.24, 2.45) is 0 Å². The van der Waals surface area contributed by atoms with Gasteiger partial charge in [-0.05, 0) is 79.3 Å². The van der Waals surface area contributed by atoms with Gasteiger partial charge in [-0.15, -0.1) is 0 Å². The average molecular weight is 515 g/mol. The number of unbranched alkanes of at least 4 members (excludes halogenated alkanes) is 2.